The molecule has 2 aromatic rings. The lowest BCUT2D eigenvalue weighted by molar-refractivity contribution is -0.145. The fourth-order valence-corrected chi connectivity index (χ4v) is 2.42. The van der Waals surface area contributed by atoms with Crippen LogP contribution in [0.1, 0.15) is 22.8 Å². The summed E-state index contributed by atoms with van der Waals surface area (Å²) < 4.78 is 5.11. The lowest BCUT2D eigenvalue weighted by Crippen LogP contribution is -2.25. The van der Waals surface area contributed by atoms with Crippen molar-refractivity contribution in [1.82, 2.24) is 5.48 Å². The maximum atomic E-state index is 12.7. The number of allylic oxidation sites excluding steroid dienone is 1. The Balaban J connectivity index is 2.00. The van der Waals surface area contributed by atoms with Crippen molar-refractivity contribution < 1.29 is 19.2 Å². The minimum absolute atomic E-state index is 0.195. The Hall–Kier alpha value is -3.41. The van der Waals surface area contributed by atoms with Gasteiger partial charge in [0, 0.05) is 18.1 Å². The number of Topliss-reactive ketones (excluding diaryl/α,β-unsaturated/α-hetero) is 1. The number of aliphatic imine (C=N–C) groups is 1. The van der Waals surface area contributed by atoms with Gasteiger partial charge in [0.15, 0.2) is 0 Å². The van der Waals surface area contributed by atoms with Crippen LogP contribution in [-0.4, -0.2) is 24.6 Å². The first-order valence-electron chi connectivity index (χ1n) is 7.60. The molecule has 0 saturated carbocycles. The van der Waals surface area contributed by atoms with Crippen LogP contribution < -0.4 is 10.2 Å². The van der Waals surface area contributed by atoms with E-state index in [9.17, 15) is 9.59 Å². The number of rotatable bonds is 4. The average Bonchev–Trinajstić information content (AvgIpc) is 2.63. The normalized spacial score (nSPS) is 14.6. The molecule has 25 heavy (non-hydrogen) atoms. The lowest BCUT2D eigenvalue weighted by atomic mass is 9.92. The fourth-order valence-electron chi connectivity index (χ4n) is 2.42. The number of carbonyl (C=O) groups excluding carboxylic acids is 2. The van der Waals surface area contributed by atoms with E-state index in [4.69, 9.17) is 9.57 Å². The number of hydrogen-bond donors (Lipinski definition) is 1. The molecule has 1 aliphatic carbocycles. The van der Waals surface area contributed by atoms with Crippen LogP contribution in [0.2, 0.25) is 0 Å². The van der Waals surface area contributed by atoms with Crippen LogP contribution in [0, 0.1) is 0 Å². The average molecular weight is 336 g/mol. The largest absolute Gasteiger partial charge is 0.497 e. The molecule has 3 rings (SSSR count). The van der Waals surface area contributed by atoms with E-state index in [0.29, 0.717) is 28.3 Å². The monoisotopic (exact) mass is 336 g/mol. The van der Waals surface area contributed by atoms with Gasteiger partial charge >= 0.3 is 5.97 Å². The zero-order valence-corrected chi connectivity index (χ0v) is 13.8. The second-order valence-electron chi connectivity index (χ2n) is 5.32. The van der Waals surface area contributed by atoms with E-state index >= 15 is 0 Å². The molecule has 0 aliphatic heterocycles. The van der Waals surface area contributed by atoms with E-state index in [1.807, 2.05) is 0 Å². The highest BCUT2D eigenvalue weighted by Gasteiger charge is 2.24. The highest BCUT2D eigenvalue weighted by molar-refractivity contribution is 6.53. The van der Waals surface area contributed by atoms with E-state index < -0.39 is 5.97 Å². The second kappa shape index (κ2) is 7.00. The molecule has 0 atom stereocenters. The van der Waals surface area contributed by atoms with E-state index in [0.717, 1.165) is 0 Å². The Morgan fingerprint density at radius 3 is 2.36 bits per heavy atom. The summed E-state index contributed by atoms with van der Waals surface area (Å²) >= 11 is 0. The SMILES string of the molecule is COc1ccc(N=C2C=C(NOC(C)=O)c3ccccc3C2=O)cc1. The molecular formula is C19H16N2O4. The molecule has 0 bridgehead atoms. The van der Waals surface area contributed by atoms with Crippen molar-refractivity contribution >= 4 is 28.8 Å². The third kappa shape index (κ3) is 3.58. The summed E-state index contributed by atoms with van der Waals surface area (Å²) in [7, 11) is 1.58. The molecule has 0 fully saturated rings. The number of methoxy groups -OCH3 is 1. The molecule has 2 aromatic carbocycles. The number of hydrogen-bond acceptors (Lipinski definition) is 6. The van der Waals surface area contributed by atoms with Gasteiger partial charge in [0.05, 0.1) is 18.5 Å². The van der Waals surface area contributed by atoms with E-state index in [1.54, 1.807) is 61.7 Å². The summed E-state index contributed by atoms with van der Waals surface area (Å²) in [6.07, 6.45) is 1.57. The molecular weight excluding hydrogens is 320 g/mol. The highest BCUT2D eigenvalue weighted by Crippen LogP contribution is 2.26. The minimum Gasteiger partial charge on any atom is -0.497 e. The van der Waals surface area contributed by atoms with E-state index in [2.05, 4.69) is 10.5 Å². The van der Waals surface area contributed by atoms with Crippen molar-refractivity contribution in [3.8, 4) is 5.75 Å². The molecule has 0 radical (unpaired) electrons. The van der Waals surface area contributed by atoms with Gasteiger partial charge in [-0.05, 0) is 30.3 Å². The van der Waals surface area contributed by atoms with Crippen molar-refractivity contribution in [1.29, 1.82) is 0 Å². The Morgan fingerprint density at radius 2 is 1.72 bits per heavy atom. The molecule has 0 saturated heterocycles. The van der Waals surface area contributed by atoms with Gasteiger partial charge in [-0.25, -0.2) is 10.5 Å². The van der Waals surface area contributed by atoms with Gasteiger partial charge in [-0.1, -0.05) is 24.3 Å². The van der Waals surface area contributed by atoms with Crippen molar-refractivity contribution in [2.75, 3.05) is 7.11 Å². The summed E-state index contributed by atoms with van der Waals surface area (Å²) in [6, 6.07) is 14.1. The molecule has 0 unspecified atom stereocenters. The van der Waals surface area contributed by atoms with Crippen molar-refractivity contribution in [2.45, 2.75) is 6.92 Å². The van der Waals surface area contributed by atoms with Crippen LogP contribution in [0.25, 0.3) is 5.70 Å². The molecule has 0 amide bonds. The van der Waals surface area contributed by atoms with Gasteiger partial charge in [-0.2, -0.15) is 0 Å². The number of nitrogens with one attached hydrogen (secondary N) is 1. The van der Waals surface area contributed by atoms with E-state index in [1.165, 1.54) is 6.92 Å². The first-order valence-corrected chi connectivity index (χ1v) is 7.60. The summed E-state index contributed by atoms with van der Waals surface area (Å²) in [5.74, 6) is 0.0285. The fraction of sp³-hybridized carbons (Fsp3) is 0.105. The standard InChI is InChI=1S/C19H16N2O4/c1-12(22)25-21-17-11-18(19(23)16-6-4-3-5-15(16)17)20-13-7-9-14(24-2)10-8-13/h3-11,21H,1-2H3. The Labute approximate surface area is 144 Å². The summed E-state index contributed by atoms with van der Waals surface area (Å²) in [4.78, 5) is 33.0. The van der Waals surface area contributed by atoms with Crippen molar-refractivity contribution in [2.24, 2.45) is 4.99 Å². The summed E-state index contributed by atoms with van der Waals surface area (Å²) in [5, 5.41) is 0. The Bertz CT molecular complexity index is 883. The molecule has 0 heterocycles. The van der Waals surface area contributed by atoms with Gasteiger partial charge in [0.1, 0.15) is 11.5 Å². The van der Waals surface area contributed by atoms with Gasteiger partial charge in [-0.15, -0.1) is 0 Å². The van der Waals surface area contributed by atoms with Crippen molar-refractivity contribution in [3.05, 3.63) is 65.7 Å². The number of fused-ring (bicyclic) bond motifs is 1. The number of nitrogens with zero attached hydrogens (tertiary/aromatic N) is 1. The highest BCUT2D eigenvalue weighted by atomic mass is 16.7. The smallest absolute Gasteiger partial charge is 0.329 e. The maximum Gasteiger partial charge on any atom is 0.329 e. The van der Waals surface area contributed by atoms with Crippen molar-refractivity contribution in [3.63, 3.8) is 0 Å². The third-order valence-corrected chi connectivity index (χ3v) is 3.60. The Kier molecular flexibility index (Phi) is 4.61. The first kappa shape index (κ1) is 16.4. The molecule has 6 nitrogen and oxygen atoms in total. The predicted octanol–water partition coefficient (Wildman–Crippen LogP) is 3.07. The van der Waals surface area contributed by atoms with Crippen LogP contribution in [0.15, 0.2) is 59.6 Å². The molecule has 1 aliphatic rings. The van der Waals surface area contributed by atoms with Crippen LogP contribution in [-0.2, 0) is 9.63 Å². The number of ketones is 1. The second-order valence-corrected chi connectivity index (χ2v) is 5.32. The zero-order valence-electron chi connectivity index (χ0n) is 13.8. The van der Waals surface area contributed by atoms with Gasteiger partial charge in [-0.3, -0.25) is 9.59 Å². The van der Waals surface area contributed by atoms with Gasteiger partial charge in [0.2, 0.25) is 5.78 Å². The number of benzene rings is 2. The maximum absolute atomic E-state index is 12.7. The number of ether oxygens (including phenoxy) is 1. The summed E-state index contributed by atoms with van der Waals surface area (Å²) in [5.41, 5.74) is 5.10. The van der Waals surface area contributed by atoms with Gasteiger partial charge in [0.25, 0.3) is 0 Å². The molecule has 1 N–H and O–H groups in total. The quantitative estimate of drug-likeness (QED) is 0.868. The van der Waals surface area contributed by atoms with E-state index in [-0.39, 0.29) is 11.5 Å². The summed E-state index contributed by atoms with van der Waals surface area (Å²) in [6.45, 7) is 1.29. The minimum atomic E-state index is -0.482. The topological polar surface area (TPSA) is 77.0 Å². The number of hydroxylamine groups is 1. The third-order valence-electron chi connectivity index (χ3n) is 3.60. The molecule has 0 aromatic heterocycles. The lowest BCUT2D eigenvalue weighted by Gasteiger charge is -2.18. The first-order chi connectivity index (χ1) is 12.1. The predicted molar refractivity (Wildman–Crippen MR) is 93.7 cm³/mol. The van der Waals surface area contributed by atoms with Crippen LogP contribution in [0.4, 0.5) is 5.69 Å². The van der Waals surface area contributed by atoms with Gasteiger partial charge < -0.3 is 9.57 Å². The van der Waals surface area contributed by atoms with Crippen LogP contribution >= 0.6 is 0 Å². The molecule has 0 spiro atoms. The molecule has 126 valence electrons. The Morgan fingerprint density at radius 1 is 1.04 bits per heavy atom. The van der Waals surface area contributed by atoms with Crippen LogP contribution in [0.5, 0.6) is 5.75 Å². The van der Waals surface area contributed by atoms with Crippen LogP contribution in [0.3, 0.4) is 0 Å². The molecule has 6 heteroatoms. The zero-order chi connectivity index (χ0) is 17.8. The number of carbonyl (C=O) groups is 2.